The van der Waals surface area contributed by atoms with Crippen LogP contribution in [0.25, 0.3) is 0 Å². The highest BCUT2D eigenvalue weighted by Crippen LogP contribution is 2.49. The predicted molar refractivity (Wildman–Crippen MR) is 109 cm³/mol. The number of amides is 1. The maximum absolute atomic E-state index is 12.5. The fraction of sp³-hybridized carbons (Fsp3) is 0.682. The lowest BCUT2D eigenvalue weighted by molar-refractivity contribution is -0.0177. The number of benzene rings is 1. The summed E-state index contributed by atoms with van der Waals surface area (Å²) in [5.41, 5.74) is 0.616. The molecule has 5 atom stereocenters. The molecule has 4 nitrogen and oxygen atoms in total. The van der Waals surface area contributed by atoms with Gasteiger partial charge in [-0.3, -0.25) is 10.2 Å². The van der Waals surface area contributed by atoms with Gasteiger partial charge in [0.2, 0.25) is 0 Å². The van der Waals surface area contributed by atoms with Crippen LogP contribution in [0.1, 0.15) is 58.3 Å². The molecule has 1 aromatic rings. The van der Waals surface area contributed by atoms with Crippen molar-refractivity contribution in [2.45, 2.75) is 76.5 Å². The maximum atomic E-state index is 12.5. The van der Waals surface area contributed by atoms with Gasteiger partial charge >= 0.3 is 6.09 Å². The molecule has 4 rings (SSSR count). The number of halogens is 1. The smallest absolute Gasteiger partial charge is 0.411 e. The molecule has 3 aliphatic rings. The fourth-order valence-corrected chi connectivity index (χ4v) is 5.88. The van der Waals surface area contributed by atoms with Gasteiger partial charge in [-0.05, 0) is 56.7 Å². The molecule has 1 saturated carbocycles. The third kappa shape index (κ3) is 3.97. The Morgan fingerprint density at radius 1 is 1.30 bits per heavy atom. The molecule has 1 N–H and O–H groups in total. The van der Waals surface area contributed by atoms with E-state index in [0.717, 1.165) is 6.42 Å². The molecule has 2 bridgehead atoms. The first-order valence-corrected chi connectivity index (χ1v) is 11.0. The van der Waals surface area contributed by atoms with Crippen LogP contribution in [-0.2, 0) is 4.74 Å². The van der Waals surface area contributed by atoms with Crippen LogP contribution in [0.4, 0.5) is 10.5 Å². The van der Waals surface area contributed by atoms with Gasteiger partial charge in [-0.1, -0.05) is 49.9 Å². The molecule has 3 fully saturated rings. The monoisotopic (exact) mass is 390 g/mol. The van der Waals surface area contributed by atoms with Crippen LogP contribution in [-0.4, -0.2) is 35.7 Å². The lowest BCUT2D eigenvalue weighted by Crippen LogP contribution is -2.55. The van der Waals surface area contributed by atoms with E-state index in [1.165, 1.54) is 51.5 Å². The van der Waals surface area contributed by atoms with Crippen molar-refractivity contribution < 1.29 is 9.53 Å². The second kappa shape index (κ2) is 8.40. The van der Waals surface area contributed by atoms with Gasteiger partial charge in [-0.15, -0.1) is 0 Å². The molecule has 0 aromatic heterocycles. The van der Waals surface area contributed by atoms with Crippen molar-refractivity contribution >= 4 is 23.4 Å². The molecule has 2 aliphatic heterocycles. The molecule has 5 heteroatoms. The lowest BCUT2D eigenvalue weighted by Gasteiger charge is -2.49. The maximum Gasteiger partial charge on any atom is 0.411 e. The summed E-state index contributed by atoms with van der Waals surface area (Å²) in [5.74, 6) is 1.17. The van der Waals surface area contributed by atoms with Crippen molar-refractivity contribution in [3.8, 4) is 0 Å². The predicted octanol–water partition coefficient (Wildman–Crippen LogP) is 5.71. The average Bonchev–Trinajstić information content (AvgIpc) is 3.03. The molecule has 0 spiro atoms. The molecule has 2 saturated heterocycles. The van der Waals surface area contributed by atoms with Gasteiger partial charge in [0.15, 0.2) is 0 Å². The molecule has 0 radical (unpaired) electrons. The number of carbonyl (C=O) groups is 1. The van der Waals surface area contributed by atoms with Gasteiger partial charge in [0.05, 0.1) is 10.7 Å². The van der Waals surface area contributed by atoms with Crippen LogP contribution < -0.4 is 5.32 Å². The molecule has 148 valence electrons. The van der Waals surface area contributed by atoms with Crippen molar-refractivity contribution in [2.24, 2.45) is 11.8 Å². The third-order valence-electron chi connectivity index (χ3n) is 6.87. The Kier molecular flexibility index (Phi) is 5.93. The van der Waals surface area contributed by atoms with E-state index >= 15 is 0 Å². The van der Waals surface area contributed by atoms with Crippen LogP contribution in [0.15, 0.2) is 24.3 Å². The highest BCUT2D eigenvalue weighted by molar-refractivity contribution is 6.33. The number of rotatable bonds is 5. The van der Waals surface area contributed by atoms with E-state index < -0.39 is 0 Å². The van der Waals surface area contributed by atoms with Crippen LogP contribution in [0, 0.1) is 11.8 Å². The molecule has 2 heterocycles. The van der Waals surface area contributed by atoms with Crippen LogP contribution in [0.5, 0.6) is 0 Å². The molecular weight excluding hydrogens is 360 g/mol. The Hall–Kier alpha value is -1.26. The molecular formula is C22H31ClN2O2. The Morgan fingerprint density at radius 2 is 2.15 bits per heavy atom. The van der Waals surface area contributed by atoms with Gasteiger partial charge in [-0.25, -0.2) is 4.79 Å². The van der Waals surface area contributed by atoms with Gasteiger partial charge in [-0.2, -0.15) is 0 Å². The second-order valence-corrected chi connectivity index (χ2v) is 8.86. The molecule has 1 aliphatic carbocycles. The number of carbonyl (C=O) groups excluding carboxylic acids is 1. The number of piperidine rings is 2. The first-order chi connectivity index (χ1) is 13.2. The number of nitrogens with zero attached hydrogens (tertiary/aromatic N) is 1. The Balaban J connectivity index is 1.44. The summed E-state index contributed by atoms with van der Waals surface area (Å²) in [6, 6.07) is 8.58. The fourth-order valence-electron chi connectivity index (χ4n) is 5.70. The highest BCUT2D eigenvalue weighted by Gasteiger charge is 2.52. The van der Waals surface area contributed by atoms with E-state index in [2.05, 4.69) is 17.1 Å². The SMILES string of the molecule is CCCC[C@H]1C2CC(OC(=O)Nc3ccccc3Cl)C(C2)[C@H]2CCCCN21. The van der Waals surface area contributed by atoms with Crippen molar-refractivity contribution in [1.82, 2.24) is 4.90 Å². The largest absolute Gasteiger partial charge is 0.446 e. The summed E-state index contributed by atoms with van der Waals surface area (Å²) in [7, 11) is 0. The third-order valence-corrected chi connectivity index (χ3v) is 7.20. The zero-order valence-electron chi connectivity index (χ0n) is 16.2. The Morgan fingerprint density at radius 3 is 2.96 bits per heavy atom. The number of fused-ring (bicyclic) bond motifs is 4. The van der Waals surface area contributed by atoms with Crippen LogP contribution in [0.3, 0.4) is 0 Å². The van der Waals surface area contributed by atoms with E-state index in [1.807, 2.05) is 12.1 Å². The van der Waals surface area contributed by atoms with E-state index in [1.54, 1.807) is 12.1 Å². The zero-order chi connectivity index (χ0) is 18.8. The van der Waals surface area contributed by atoms with E-state index in [4.69, 9.17) is 16.3 Å². The topological polar surface area (TPSA) is 41.6 Å². The number of hydrogen-bond donors (Lipinski definition) is 1. The molecule has 1 amide bonds. The zero-order valence-corrected chi connectivity index (χ0v) is 17.0. The number of anilines is 1. The van der Waals surface area contributed by atoms with Crippen LogP contribution in [0.2, 0.25) is 5.02 Å². The van der Waals surface area contributed by atoms with E-state index in [9.17, 15) is 4.79 Å². The van der Waals surface area contributed by atoms with E-state index in [-0.39, 0.29) is 12.2 Å². The Bertz CT molecular complexity index is 667. The van der Waals surface area contributed by atoms with Crippen molar-refractivity contribution in [2.75, 3.05) is 11.9 Å². The van der Waals surface area contributed by atoms with Crippen molar-refractivity contribution in [3.63, 3.8) is 0 Å². The van der Waals surface area contributed by atoms with Gasteiger partial charge in [0.1, 0.15) is 6.10 Å². The summed E-state index contributed by atoms with van der Waals surface area (Å²) in [4.78, 5) is 15.3. The molecule has 1 aromatic carbocycles. The molecule has 3 unspecified atom stereocenters. The standard InChI is InChI=1S/C22H31ClN2O2/c1-2-3-10-19-15-13-16(20-11-6-7-12-25(19)20)21(14-15)27-22(26)24-18-9-5-4-8-17(18)23/h4-5,8-9,15-16,19-21H,2-3,6-7,10-14H2,1H3,(H,24,26)/t15?,16?,19-,20+,21?/m0/s1. The van der Waals surface area contributed by atoms with Crippen molar-refractivity contribution in [1.29, 1.82) is 0 Å². The summed E-state index contributed by atoms with van der Waals surface area (Å²) in [6.07, 6.45) is 9.64. The van der Waals surface area contributed by atoms with Crippen LogP contribution >= 0.6 is 11.6 Å². The number of para-hydroxylation sites is 1. The molecule has 27 heavy (non-hydrogen) atoms. The minimum absolute atomic E-state index is 0.0368. The quantitative estimate of drug-likeness (QED) is 0.700. The lowest BCUT2D eigenvalue weighted by atomic mass is 9.79. The van der Waals surface area contributed by atoms with Crippen molar-refractivity contribution in [3.05, 3.63) is 29.3 Å². The Labute approximate surface area is 167 Å². The average molecular weight is 391 g/mol. The van der Waals surface area contributed by atoms with Gasteiger partial charge in [0.25, 0.3) is 0 Å². The number of ether oxygens (including phenoxy) is 1. The summed E-state index contributed by atoms with van der Waals surface area (Å²) in [6.45, 7) is 3.50. The number of unbranched alkanes of at least 4 members (excludes halogenated alkanes) is 1. The van der Waals surface area contributed by atoms with Gasteiger partial charge in [0, 0.05) is 18.0 Å². The first kappa shape index (κ1) is 19.1. The minimum atomic E-state index is -0.367. The number of nitrogens with one attached hydrogen (secondary N) is 1. The first-order valence-electron chi connectivity index (χ1n) is 10.6. The second-order valence-electron chi connectivity index (χ2n) is 8.45. The number of hydrogen-bond acceptors (Lipinski definition) is 3. The normalized spacial score (nSPS) is 32.7. The highest BCUT2D eigenvalue weighted by atomic mass is 35.5. The summed E-state index contributed by atoms with van der Waals surface area (Å²) in [5, 5.41) is 3.37. The minimum Gasteiger partial charge on any atom is -0.446 e. The summed E-state index contributed by atoms with van der Waals surface area (Å²) >= 11 is 6.16. The van der Waals surface area contributed by atoms with Gasteiger partial charge < -0.3 is 4.74 Å². The van der Waals surface area contributed by atoms with E-state index in [0.29, 0.717) is 34.6 Å². The summed E-state index contributed by atoms with van der Waals surface area (Å²) < 4.78 is 5.95.